The fourth-order valence-electron chi connectivity index (χ4n) is 4.77. The second kappa shape index (κ2) is 9.96. The minimum atomic E-state index is -2.88. The zero-order chi connectivity index (χ0) is 22.6. The van der Waals surface area contributed by atoms with E-state index in [0.717, 1.165) is 31.2 Å². The molecule has 2 fully saturated rings. The van der Waals surface area contributed by atoms with Crippen LogP contribution in [-0.4, -0.2) is 48.8 Å². The monoisotopic (exact) mass is 445 g/mol. The van der Waals surface area contributed by atoms with Crippen LogP contribution in [0.3, 0.4) is 0 Å². The first-order valence-electron chi connectivity index (χ1n) is 11.2. The average Bonchev–Trinajstić information content (AvgIpc) is 2.80. The number of amides is 1. The van der Waals surface area contributed by atoms with Gasteiger partial charge in [0, 0.05) is 38.1 Å². The number of nitrogens with zero attached hydrogens (tertiary/aromatic N) is 1. The largest absolute Gasteiger partial charge is 0.435 e. The molecular weight excluding hydrogens is 416 g/mol. The normalized spacial score (nSPS) is 22.8. The standard InChI is InChI=1S/C25H29F2NO4/c1-2-30-21-16-22(18-6-4-3-5-7-18)32-25(17-21)12-14-28(15-13-25)23(29)19-8-10-20(11-9-19)31-24(26)27/h3-11,21-22,24H,2,12-17H2,1H3/t21-,22-/m0/s1. The van der Waals surface area contributed by atoms with Gasteiger partial charge in [-0.1, -0.05) is 30.3 Å². The highest BCUT2D eigenvalue weighted by atomic mass is 19.3. The number of hydrogen-bond donors (Lipinski definition) is 0. The molecule has 0 unspecified atom stereocenters. The van der Waals surface area contributed by atoms with Crippen molar-refractivity contribution in [2.45, 2.75) is 57.0 Å². The van der Waals surface area contributed by atoms with Crippen LogP contribution >= 0.6 is 0 Å². The lowest BCUT2D eigenvalue weighted by atomic mass is 9.80. The van der Waals surface area contributed by atoms with E-state index in [9.17, 15) is 13.6 Å². The summed E-state index contributed by atoms with van der Waals surface area (Å²) in [6.45, 7) is 0.949. The van der Waals surface area contributed by atoms with Gasteiger partial charge in [0.15, 0.2) is 0 Å². The highest BCUT2D eigenvalue weighted by molar-refractivity contribution is 5.94. The summed E-state index contributed by atoms with van der Waals surface area (Å²) in [4.78, 5) is 14.7. The van der Waals surface area contributed by atoms with Gasteiger partial charge in [-0.2, -0.15) is 8.78 Å². The van der Waals surface area contributed by atoms with E-state index in [2.05, 4.69) is 16.9 Å². The predicted octanol–water partition coefficient (Wildman–Crippen LogP) is 5.22. The topological polar surface area (TPSA) is 48.0 Å². The van der Waals surface area contributed by atoms with Crippen LogP contribution in [-0.2, 0) is 9.47 Å². The molecule has 2 atom stereocenters. The van der Waals surface area contributed by atoms with Crippen molar-refractivity contribution in [3.8, 4) is 5.75 Å². The molecular formula is C25H29F2NO4. The fourth-order valence-corrected chi connectivity index (χ4v) is 4.77. The second-order valence-corrected chi connectivity index (χ2v) is 8.41. The Morgan fingerprint density at radius 2 is 1.81 bits per heavy atom. The van der Waals surface area contributed by atoms with E-state index in [1.807, 2.05) is 25.1 Å². The molecule has 7 heteroatoms. The van der Waals surface area contributed by atoms with Crippen molar-refractivity contribution >= 4 is 5.91 Å². The molecule has 0 saturated carbocycles. The van der Waals surface area contributed by atoms with Gasteiger partial charge in [-0.15, -0.1) is 0 Å². The molecule has 1 spiro atoms. The van der Waals surface area contributed by atoms with Crippen molar-refractivity contribution in [2.75, 3.05) is 19.7 Å². The summed E-state index contributed by atoms with van der Waals surface area (Å²) in [6, 6.07) is 16.1. The Hall–Kier alpha value is -2.51. The quantitative estimate of drug-likeness (QED) is 0.612. The van der Waals surface area contributed by atoms with Crippen LogP contribution in [0.2, 0.25) is 0 Å². The summed E-state index contributed by atoms with van der Waals surface area (Å²) in [6.07, 6.45) is 3.23. The highest BCUT2D eigenvalue weighted by Gasteiger charge is 2.45. The van der Waals surface area contributed by atoms with E-state index in [4.69, 9.17) is 9.47 Å². The molecule has 2 aliphatic heterocycles. The van der Waals surface area contributed by atoms with Crippen LogP contribution in [0.25, 0.3) is 0 Å². The number of hydrogen-bond acceptors (Lipinski definition) is 4. The molecule has 0 radical (unpaired) electrons. The van der Waals surface area contributed by atoms with Crippen molar-refractivity contribution in [1.29, 1.82) is 0 Å². The van der Waals surface area contributed by atoms with Crippen molar-refractivity contribution in [2.24, 2.45) is 0 Å². The number of rotatable bonds is 6. The molecule has 32 heavy (non-hydrogen) atoms. The third kappa shape index (κ3) is 5.27. The van der Waals surface area contributed by atoms with Gasteiger partial charge >= 0.3 is 6.61 Å². The Bertz CT molecular complexity index is 883. The zero-order valence-electron chi connectivity index (χ0n) is 18.2. The molecule has 5 nitrogen and oxygen atoms in total. The fraction of sp³-hybridized carbons (Fsp3) is 0.480. The summed E-state index contributed by atoms with van der Waals surface area (Å²) in [5.74, 6) is -0.0705. The van der Waals surface area contributed by atoms with Crippen LogP contribution in [0.15, 0.2) is 54.6 Å². The maximum Gasteiger partial charge on any atom is 0.387 e. The molecule has 2 aliphatic rings. The number of alkyl halides is 2. The molecule has 1 amide bonds. The molecule has 0 bridgehead atoms. The van der Waals surface area contributed by atoms with Gasteiger partial charge in [0.1, 0.15) is 5.75 Å². The number of ether oxygens (including phenoxy) is 3. The molecule has 172 valence electrons. The average molecular weight is 446 g/mol. The Morgan fingerprint density at radius 3 is 2.44 bits per heavy atom. The van der Waals surface area contributed by atoms with E-state index in [0.29, 0.717) is 25.3 Å². The van der Waals surface area contributed by atoms with Crippen molar-refractivity contribution in [3.05, 3.63) is 65.7 Å². The Morgan fingerprint density at radius 1 is 1.12 bits per heavy atom. The van der Waals surface area contributed by atoms with Crippen molar-refractivity contribution < 1.29 is 27.8 Å². The predicted molar refractivity (Wildman–Crippen MR) is 116 cm³/mol. The summed E-state index contributed by atoms with van der Waals surface area (Å²) in [5.41, 5.74) is 1.30. The first-order chi connectivity index (χ1) is 15.5. The molecule has 0 N–H and O–H groups in total. The van der Waals surface area contributed by atoms with E-state index >= 15 is 0 Å². The van der Waals surface area contributed by atoms with Gasteiger partial charge in [0.2, 0.25) is 0 Å². The molecule has 2 saturated heterocycles. The minimum absolute atomic E-state index is 0.0221. The Balaban J connectivity index is 1.42. The van der Waals surface area contributed by atoms with Gasteiger partial charge in [-0.05, 0) is 49.6 Å². The van der Waals surface area contributed by atoms with Gasteiger partial charge in [-0.3, -0.25) is 4.79 Å². The van der Waals surface area contributed by atoms with Crippen LogP contribution < -0.4 is 4.74 Å². The maximum atomic E-state index is 12.9. The van der Waals surface area contributed by atoms with E-state index in [-0.39, 0.29) is 29.5 Å². The zero-order valence-corrected chi connectivity index (χ0v) is 18.2. The lowest BCUT2D eigenvalue weighted by molar-refractivity contribution is -0.190. The van der Waals surface area contributed by atoms with Gasteiger partial charge in [0.05, 0.1) is 17.8 Å². The first-order valence-corrected chi connectivity index (χ1v) is 11.2. The number of halogens is 2. The third-order valence-electron chi connectivity index (χ3n) is 6.33. The van der Waals surface area contributed by atoms with Crippen molar-refractivity contribution in [1.82, 2.24) is 4.90 Å². The molecule has 4 rings (SSSR count). The Kier molecular flexibility index (Phi) is 7.06. The van der Waals surface area contributed by atoms with Gasteiger partial charge in [0.25, 0.3) is 5.91 Å². The number of piperidine rings is 1. The smallest absolute Gasteiger partial charge is 0.387 e. The van der Waals surface area contributed by atoms with E-state index in [1.165, 1.54) is 24.3 Å². The lowest BCUT2D eigenvalue weighted by Gasteiger charge is -2.48. The maximum absolute atomic E-state index is 12.9. The molecule has 0 aliphatic carbocycles. The van der Waals surface area contributed by atoms with Crippen LogP contribution in [0.4, 0.5) is 8.78 Å². The van der Waals surface area contributed by atoms with Gasteiger partial charge in [-0.25, -0.2) is 0 Å². The van der Waals surface area contributed by atoms with Gasteiger partial charge < -0.3 is 19.1 Å². The summed E-state index contributed by atoms with van der Waals surface area (Å²) in [7, 11) is 0. The third-order valence-corrected chi connectivity index (χ3v) is 6.33. The SMILES string of the molecule is CCO[C@H]1C[C@@H](c2ccccc2)OC2(CCN(C(=O)c3ccc(OC(F)F)cc3)CC2)C1. The molecule has 0 aromatic heterocycles. The van der Waals surface area contributed by atoms with Crippen molar-refractivity contribution in [3.63, 3.8) is 0 Å². The number of carbonyl (C=O) groups is 1. The van der Waals surface area contributed by atoms with E-state index in [1.54, 1.807) is 4.90 Å². The Labute approximate surface area is 187 Å². The first kappa shape index (κ1) is 22.7. The molecule has 2 heterocycles. The second-order valence-electron chi connectivity index (χ2n) is 8.41. The van der Waals surface area contributed by atoms with Crippen LogP contribution in [0, 0.1) is 0 Å². The highest BCUT2D eigenvalue weighted by Crippen LogP contribution is 2.44. The lowest BCUT2D eigenvalue weighted by Crippen LogP contribution is -2.52. The van der Waals surface area contributed by atoms with Crippen LogP contribution in [0.5, 0.6) is 5.75 Å². The number of carbonyl (C=O) groups excluding carboxylic acids is 1. The summed E-state index contributed by atoms with van der Waals surface area (Å²) in [5, 5.41) is 0. The van der Waals surface area contributed by atoms with E-state index < -0.39 is 6.61 Å². The number of likely N-dealkylation sites (tertiary alicyclic amines) is 1. The minimum Gasteiger partial charge on any atom is -0.435 e. The molecule has 2 aromatic carbocycles. The number of benzene rings is 2. The molecule has 2 aromatic rings. The van der Waals surface area contributed by atoms with Crippen LogP contribution in [0.1, 0.15) is 54.6 Å². The summed E-state index contributed by atoms with van der Waals surface area (Å²) >= 11 is 0. The summed E-state index contributed by atoms with van der Waals surface area (Å²) < 4.78 is 41.7.